The van der Waals surface area contributed by atoms with E-state index in [1.54, 1.807) is 14.2 Å². The zero-order valence-electron chi connectivity index (χ0n) is 16.3. The molecule has 1 atom stereocenters. The van der Waals surface area contributed by atoms with Crippen molar-refractivity contribution in [3.05, 3.63) is 23.8 Å². The molecule has 0 aromatic heterocycles. The van der Waals surface area contributed by atoms with E-state index >= 15 is 0 Å². The Bertz CT molecular complexity index is 672. The Morgan fingerprint density at radius 2 is 1.85 bits per heavy atom. The molecule has 0 spiro atoms. The van der Waals surface area contributed by atoms with E-state index in [9.17, 15) is 9.59 Å². The van der Waals surface area contributed by atoms with Crippen LogP contribution in [0, 0.1) is 5.92 Å². The molecule has 1 saturated heterocycles. The Labute approximate surface area is 161 Å². The Morgan fingerprint density at radius 3 is 2.52 bits per heavy atom. The van der Waals surface area contributed by atoms with Crippen molar-refractivity contribution in [1.29, 1.82) is 0 Å². The monoisotopic (exact) mass is 374 g/mol. The SMILES string of the molecule is COc1ccc(CC(=O)N[C@H]2CCCCN(C(=O)C3CCC3)C2)cc1OC. The number of ether oxygens (including phenoxy) is 2. The summed E-state index contributed by atoms with van der Waals surface area (Å²) in [6.45, 7) is 1.45. The predicted octanol–water partition coefficient (Wildman–Crippen LogP) is 2.54. The molecule has 27 heavy (non-hydrogen) atoms. The molecule has 1 N–H and O–H groups in total. The zero-order valence-corrected chi connectivity index (χ0v) is 16.3. The molecular formula is C21H30N2O4. The van der Waals surface area contributed by atoms with E-state index in [4.69, 9.17) is 9.47 Å². The second-order valence-corrected chi connectivity index (χ2v) is 7.54. The molecule has 1 heterocycles. The maximum absolute atomic E-state index is 12.6. The van der Waals surface area contributed by atoms with E-state index in [1.165, 1.54) is 0 Å². The van der Waals surface area contributed by atoms with Crippen LogP contribution in [0.15, 0.2) is 18.2 Å². The lowest BCUT2D eigenvalue weighted by atomic mass is 9.84. The molecule has 0 bridgehead atoms. The molecular weight excluding hydrogens is 344 g/mol. The Morgan fingerprint density at radius 1 is 1.07 bits per heavy atom. The Hall–Kier alpha value is -2.24. The molecule has 148 valence electrons. The largest absolute Gasteiger partial charge is 0.493 e. The first-order valence-electron chi connectivity index (χ1n) is 9.89. The highest BCUT2D eigenvalue weighted by Gasteiger charge is 2.31. The predicted molar refractivity (Wildman–Crippen MR) is 103 cm³/mol. The molecule has 0 radical (unpaired) electrons. The number of hydrogen-bond donors (Lipinski definition) is 1. The van der Waals surface area contributed by atoms with E-state index < -0.39 is 0 Å². The fourth-order valence-corrected chi connectivity index (χ4v) is 3.83. The summed E-state index contributed by atoms with van der Waals surface area (Å²) in [5.74, 6) is 1.74. The fourth-order valence-electron chi connectivity index (χ4n) is 3.83. The molecule has 2 amide bonds. The highest BCUT2D eigenvalue weighted by atomic mass is 16.5. The minimum Gasteiger partial charge on any atom is -0.493 e. The number of likely N-dealkylation sites (tertiary alicyclic amines) is 1. The van der Waals surface area contributed by atoms with Gasteiger partial charge in [-0.15, -0.1) is 0 Å². The number of methoxy groups -OCH3 is 2. The standard InChI is InChI=1S/C21H30N2O4/c1-26-18-10-9-15(12-19(18)27-2)13-20(24)22-17-8-3-4-11-23(14-17)21(25)16-6-5-7-16/h9-10,12,16-17H,3-8,11,13-14H2,1-2H3,(H,22,24)/t17-/m0/s1. The van der Waals surface area contributed by atoms with Gasteiger partial charge in [0.25, 0.3) is 0 Å². The third-order valence-corrected chi connectivity index (χ3v) is 5.62. The van der Waals surface area contributed by atoms with Crippen LogP contribution >= 0.6 is 0 Å². The summed E-state index contributed by atoms with van der Waals surface area (Å²) < 4.78 is 10.5. The summed E-state index contributed by atoms with van der Waals surface area (Å²) in [7, 11) is 3.17. The number of carbonyl (C=O) groups is 2. The molecule has 1 aromatic carbocycles. The van der Waals surface area contributed by atoms with Crippen LogP contribution in [0.1, 0.15) is 44.1 Å². The Kier molecular flexibility index (Phi) is 6.58. The van der Waals surface area contributed by atoms with Gasteiger partial charge in [-0.3, -0.25) is 9.59 Å². The average molecular weight is 374 g/mol. The molecule has 2 aliphatic rings. The third kappa shape index (κ3) is 4.93. The van der Waals surface area contributed by atoms with Gasteiger partial charge in [0.15, 0.2) is 11.5 Å². The van der Waals surface area contributed by atoms with Crippen molar-refractivity contribution in [3.63, 3.8) is 0 Å². The normalized spacial score (nSPS) is 20.4. The zero-order chi connectivity index (χ0) is 19.2. The maximum atomic E-state index is 12.6. The van der Waals surface area contributed by atoms with Crippen LogP contribution in [-0.4, -0.2) is 50.1 Å². The summed E-state index contributed by atoms with van der Waals surface area (Å²) >= 11 is 0. The molecule has 1 aliphatic carbocycles. The highest BCUT2D eigenvalue weighted by Crippen LogP contribution is 2.29. The average Bonchev–Trinajstić information content (AvgIpc) is 2.85. The molecule has 2 fully saturated rings. The topological polar surface area (TPSA) is 67.9 Å². The first-order chi connectivity index (χ1) is 13.1. The van der Waals surface area contributed by atoms with Gasteiger partial charge in [0.05, 0.1) is 20.6 Å². The van der Waals surface area contributed by atoms with Crippen molar-refractivity contribution in [2.24, 2.45) is 5.92 Å². The lowest BCUT2D eigenvalue weighted by molar-refractivity contribution is -0.138. The number of rotatable bonds is 6. The van der Waals surface area contributed by atoms with Gasteiger partial charge in [-0.1, -0.05) is 12.5 Å². The van der Waals surface area contributed by atoms with Crippen molar-refractivity contribution >= 4 is 11.8 Å². The van der Waals surface area contributed by atoms with Crippen LogP contribution in [0.2, 0.25) is 0 Å². The van der Waals surface area contributed by atoms with Crippen molar-refractivity contribution in [1.82, 2.24) is 10.2 Å². The minimum atomic E-state index is -0.0230. The van der Waals surface area contributed by atoms with Crippen LogP contribution < -0.4 is 14.8 Å². The van der Waals surface area contributed by atoms with Gasteiger partial charge >= 0.3 is 0 Å². The van der Waals surface area contributed by atoms with E-state index in [-0.39, 0.29) is 30.2 Å². The quantitative estimate of drug-likeness (QED) is 0.831. The number of amides is 2. The molecule has 6 heteroatoms. The molecule has 1 saturated carbocycles. The van der Waals surface area contributed by atoms with E-state index in [1.807, 2.05) is 23.1 Å². The van der Waals surface area contributed by atoms with Gasteiger partial charge in [-0.2, -0.15) is 0 Å². The van der Waals surface area contributed by atoms with Crippen LogP contribution in [0.4, 0.5) is 0 Å². The molecule has 0 unspecified atom stereocenters. The third-order valence-electron chi connectivity index (χ3n) is 5.62. The number of nitrogens with one attached hydrogen (secondary N) is 1. The number of nitrogens with zero attached hydrogens (tertiary/aromatic N) is 1. The van der Waals surface area contributed by atoms with E-state index in [0.29, 0.717) is 18.0 Å². The van der Waals surface area contributed by atoms with Crippen molar-refractivity contribution in [2.75, 3.05) is 27.3 Å². The summed E-state index contributed by atoms with van der Waals surface area (Å²) in [4.78, 5) is 27.1. The van der Waals surface area contributed by atoms with Crippen molar-refractivity contribution in [3.8, 4) is 11.5 Å². The highest BCUT2D eigenvalue weighted by molar-refractivity contribution is 5.81. The summed E-state index contributed by atoms with van der Waals surface area (Å²) in [5, 5.41) is 3.13. The summed E-state index contributed by atoms with van der Waals surface area (Å²) in [5.41, 5.74) is 0.876. The van der Waals surface area contributed by atoms with Gasteiger partial charge in [0.2, 0.25) is 11.8 Å². The molecule has 1 aromatic rings. The van der Waals surface area contributed by atoms with Gasteiger partial charge in [0.1, 0.15) is 0 Å². The van der Waals surface area contributed by atoms with Crippen LogP contribution in [0.3, 0.4) is 0 Å². The first kappa shape index (κ1) is 19.5. The Balaban J connectivity index is 1.56. The van der Waals surface area contributed by atoms with Crippen LogP contribution in [-0.2, 0) is 16.0 Å². The first-order valence-corrected chi connectivity index (χ1v) is 9.89. The van der Waals surface area contributed by atoms with Crippen molar-refractivity contribution in [2.45, 2.75) is 51.0 Å². The lowest BCUT2D eigenvalue weighted by Gasteiger charge is -2.32. The fraction of sp³-hybridized carbons (Fsp3) is 0.619. The van der Waals surface area contributed by atoms with Crippen LogP contribution in [0.5, 0.6) is 11.5 Å². The summed E-state index contributed by atoms with van der Waals surface area (Å²) in [6, 6.07) is 5.55. The molecule has 3 rings (SSSR count). The number of hydrogen-bond acceptors (Lipinski definition) is 4. The smallest absolute Gasteiger partial charge is 0.225 e. The second kappa shape index (κ2) is 9.11. The van der Waals surface area contributed by atoms with E-state index in [2.05, 4.69) is 5.32 Å². The van der Waals surface area contributed by atoms with Gasteiger partial charge < -0.3 is 19.7 Å². The molecule has 6 nitrogen and oxygen atoms in total. The maximum Gasteiger partial charge on any atom is 0.225 e. The van der Waals surface area contributed by atoms with Gasteiger partial charge in [-0.25, -0.2) is 0 Å². The number of carbonyl (C=O) groups excluding carboxylic acids is 2. The van der Waals surface area contributed by atoms with Gasteiger partial charge in [0, 0.05) is 25.0 Å². The number of benzene rings is 1. The van der Waals surface area contributed by atoms with Crippen molar-refractivity contribution < 1.29 is 19.1 Å². The second-order valence-electron chi connectivity index (χ2n) is 7.54. The van der Waals surface area contributed by atoms with Crippen LogP contribution in [0.25, 0.3) is 0 Å². The van der Waals surface area contributed by atoms with Gasteiger partial charge in [-0.05, 0) is 49.8 Å². The summed E-state index contributed by atoms with van der Waals surface area (Å²) in [6.07, 6.45) is 6.46. The minimum absolute atomic E-state index is 0.0230. The molecule has 1 aliphatic heterocycles. The lowest BCUT2D eigenvalue weighted by Crippen LogP contribution is -2.47. The van der Waals surface area contributed by atoms with E-state index in [0.717, 1.165) is 50.6 Å².